The molecule has 2 rings (SSSR count). The Morgan fingerprint density at radius 2 is 1.91 bits per heavy atom. The van der Waals surface area contributed by atoms with Crippen molar-refractivity contribution < 1.29 is 12.8 Å². The maximum absolute atomic E-state index is 12.8. The lowest BCUT2D eigenvalue weighted by atomic mass is 10.2. The molecular weight excluding hydrogens is 329 g/mol. The van der Waals surface area contributed by atoms with Crippen LogP contribution < -0.4 is 11.1 Å². The van der Waals surface area contributed by atoms with E-state index in [9.17, 15) is 12.8 Å². The lowest BCUT2D eigenvalue weighted by molar-refractivity contribution is 0.609. The van der Waals surface area contributed by atoms with Crippen LogP contribution >= 0.6 is 10.7 Å². The molecule has 0 aliphatic rings. The van der Waals surface area contributed by atoms with Gasteiger partial charge in [-0.05, 0) is 36.4 Å². The van der Waals surface area contributed by atoms with Gasteiger partial charge in [-0.15, -0.1) is 0 Å². The standard InChI is InChI=1S/C14H13ClFN3O2S/c15-22(20,21)13-3-1-2-10(8-13)14(17)19-9-18-12-6-4-11(16)5-7-12/h1-8,18H,9H2,(H2,17,19). The Morgan fingerprint density at radius 3 is 2.55 bits per heavy atom. The van der Waals surface area contributed by atoms with Gasteiger partial charge in [0.25, 0.3) is 9.05 Å². The van der Waals surface area contributed by atoms with E-state index in [4.69, 9.17) is 16.4 Å². The second-order valence-corrected chi connectivity index (χ2v) is 6.92. The van der Waals surface area contributed by atoms with Crippen LogP contribution in [0.5, 0.6) is 0 Å². The molecular formula is C14H13ClFN3O2S. The van der Waals surface area contributed by atoms with E-state index in [2.05, 4.69) is 10.3 Å². The van der Waals surface area contributed by atoms with Gasteiger partial charge >= 0.3 is 0 Å². The summed E-state index contributed by atoms with van der Waals surface area (Å²) < 4.78 is 35.3. The summed E-state index contributed by atoms with van der Waals surface area (Å²) in [5, 5.41) is 2.94. The third kappa shape index (κ3) is 4.44. The third-order valence-corrected chi connectivity index (χ3v) is 4.14. The quantitative estimate of drug-likeness (QED) is 0.497. The molecule has 5 nitrogen and oxygen atoms in total. The molecule has 0 spiro atoms. The fourth-order valence-electron chi connectivity index (χ4n) is 1.68. The van der Waals surface area contributed by atoms with Gasteiger partial charge in [0.1, 0.15) is 18.3 Å². The molecule has 0 atom stereocenters. The van der Waals surface area contributed by atoms with Crippen LogP contribution in [0.1, 0.15) is 5.56 Å². The van der Waals surface area contributed by atoms with E-state index in [0.717, 1.165) is 0 Å². The zero-order chi connectivity index (χ0) is 16.2. The van der Waals surface area contributed by atoms with Crippen LogP contribution in [0.2, 0.25) is 0 Å². The number of anilines is 1. The number of nitrogens with zero attached hydrogens (tertiary/aromatic N) is 1. The van der Waals surface area contributed by atoms with Gasteiger partial charge in [0.05, 0.1) is 4.90 Å². The fourth-order valence-corrected chi connectivity index (χ4v) is 2.48. The molecule has 0 saturated carbocycles. The number of amidine groups is 1. The summed E-state index contributed by atoms with van der Waals surface area (Å²) in [5.74, 6) is -0.163. The molecule has 0 fully saturated rings. The maximum Gasteiger partial charge on any atom is 0.261 e. The zero-order valence-corrected chi connectivity index (χ0v) is 12.9. The molecule has 0 aliphatic heterocycles. The number of halogens is 2. The summed E-state index contributed by atoms with van der Waals surface area (Å²) >= 11 is 0. The van der Waals surface area contributed by atoms with Crippen LogP contribution in [0.4, 0.5) is 10.1 Å². The van der Waals surface area contributed by atoms with Crippen molar-refractivity contribution in [2.45, 2.75) is 4.90 Å². The van der Waals surface area contributed by atoms with Gasteiger partial charge in [-0.25, -0.2) is 17.8 Å². The van der Waals surface area contributed by atoms with Gasteiger partial charge < -0.3 is 11.1 Å². The van der Waals surface area contributed by atoms with Crippen molar-refractivity contribution in [3.05, 3.63) is 59.9 Å². The first kappa shape index (κ1) is 16.3. The predicted octanol–water partition coefficient (Wildman–Crippen LogP) is 2.53. The normalized spacial score (nSPS) is 12.2. The first-order chi connectivity index (χ1) is 10.4. The molecule has 0 saturated heterocycles. The van der Waals surface area contributed by atoms with Crippen LogP contribution in [-0.4, -0.2) is 20.9 Å². The molecule has 2 aromatic carbocycles. The minimum atomic E-state index is -3.82. The molecule has 8 heteroatoms. The van der Waals surface area contributed by atoms with Crippen molar-refractivity contribution >= 4 is 31.3 Å². The largest absolute Gasteiger partial charge is 0.383 e. The highest BCUT2D eigenvalue weighted by Gasteiger charge is 2.11. The molecule has 2 aromatic rings. The highest BCUT2D eigenvalue weighted by Crippen LogP contribution is 2.16. The van der Waals surface area contributed by atoms with E-state index >= 15 is 0 Å². The Kier molecular flexibility index (Phi) is 4.99. The van der Waals surface area contributed by atoms with Gasteiger partial charge in [-0.2, -0.15) is 0 Å². The van der Waals surface area contributed by atoms with Crippen molar-refractivity contribution in [3.63, 3.8) is 0 Å². The third-order valence-electron chi connectivity index (χ3n) is 2.79. The number of rotatable bonds is 5. The molecule has 0 amide bonds. The van der Waals surface area contributed by atoms with Gasteiger partial charge in [-0.3, -0.25) is 0 Å². The van der Waals surface area contributed by atoms with Gasteiger partial charge in [0, 0.05) is 21.9 Å². The van der Waals surface area contributed by atoms with Crippen molar-refractivity contribution in [2.24, 2.45) is 10.7 Å². The Morgan fingerprint density at radius 1 is 1.23 bits per heavy atom. The Bertz CT molecular complexity index is 792. The van der Waals surface area contributed by atoms with Crippen molar-refractivity contribution in [2.75, 3.05) is 12.0 Å². The zero-order valence-electron chi connectivity index (χ0n) is 11.3. The number of benzene rings is 2. The fraction of sp³-hybridized carbons (Fsp3) is 0.0714. The highest BCUT2D eigenvalue weighted by molar-refractivity contribution is 8.13. The number of nitrogens with two attached hydrogens (primary N) is 1. The lowest BCUT2D eigenvalue weighted by Crippen LogP contribution is -2.16. The van der Waals surface area contributed by atoms with Crippen LogP contribution in [0, 0.1) is 5.82 Å². The maximum atomic E-state index is 12.8. The van der Waals surface area contributed by atoms with E-state index in [1.54, 1.807) is 18.2 Å². The molecule has 0 bridgehead atoms. The first-order valence-corrected chi connectivity index (χ1v) is 8.51. The average molecular weight is 342 g/mol. The lowest BCUT2D eigenvalue weighted by Gasteiger charge is -2.05. The number of aliphatic imine (C=N–C) groups is 1. The summed E-state index contributed by atoms with van der Waals surface area (Å²) in [7, 11) is 1.47. The average Bonchev–Trinajstić information content (AvgIpc) is 2.48. The smallest absolute Gasteiger partial charge is 0.261 e. The van der Waals surface area contributed by atoms with E-state index in [-0.39, 0.29) is 23.2 Å². The molecule has 116 valence electrons. The second-order valence-electron chi connectivity index (χ2n) is 4.35. The van der Waals surface area contributed by atoms with Gasteiger partial charge in [0.2, 0.25) is 0 Å². The highest BCUT2D eigenvalue weighted by atomic mass is 35.7. The van der Waals surface area contributed by atoms with Crippen LogP contribution in [0.3, 0.4) is 0 Å². The SMILES string of the molecule is NC(=NCNc1ccc(F)cc1)c1cccc(S(=O)(=O)Cl)c1. The Hall–Kier alpha value is -2.12. The molecule has 0 aromatic heterocycles. The topological polar surface area (TPSA) is 84.5 Å². The molecule has 0 aliphatic carbocycles. The van der Waals surface area contributed by atoms with E-state index in [0.29, 0.717) is 11.3 Å². The van der Waals surface area contributed by atoms with E-state index < -0.39 is 9.05 Å². The van der Waals surface area contributed by atoms with Crippen molar-refractivity contribution in [3.8, 4) is 0 Å². The summed E-state index contributed by atoms with van der Waals surface area (Å²) in [6.07, 6.45) is 0. The first-order valence-electron chi connectivity index (χ1n) is 6.21. The number of nitrogens with one attached hydrogen (secondary N) is 1. The monoisotopic (exact) mass is 341 g/mol. The summed E-state index contributed by atoms with van der Waals surface area (Å²) in [4.78, 5) is 4.04. The Labute approximate surface area is 132 Å². The van der Waals surface area contributed by atoms with E-state index in [1.807, 2.05) is 0 Å². The predicted molar refractivity (Wildman–Crippen MR) is 85.1 cm³/mol. The van der Waals surface area contributed by atoms with Crippen LogP contribution in [-0.2, 0) is 9.05 Å². The van der Waals surface area contributed by atoms with Gasteiger partial charge in [0.15, 0.2) is 0 Å². The number of hydrogen-bond donors (Lipinski definition) is 2. The molecule has 0 heterocycles. The number of hydrogen-bond acceptors (Lipinski definition) is 4. The van der Waals surface area contributed by atoms with E-state index in [1.165, 1.54) is 30.3 Å². The molecule has 0 radical (unpaired) electrons. The summed E-state index contributed by atoms with van der Waals surface area (Å²) in [6, 6.07) is 11.7. The van der Waals surface area contributed by atoms with Gasteiger partial charge in [-0.1, -0.05) is 12.1 Å². The van der Waals surface area contributed by atoms with Crippen LogP contribution in [0.25, 0.3) is 0 Å². The Balaban J connectivity index is 2.07. The molecule has 0 unspecified atom stereocenters. The van der Waals surface area contributed by atoms with Crippen LogP contribution in [0.15, 0.2) is 58.4 Å². The summed E-state index contributed by atoms with van der Waals surface area (Å²) in [6.45, 7) is 0.162. The minimum Gasteiger partial charge on any atom is -0.383 e. The van der Waals surface area contributed by atoms with Crippen molar-refractivity contribution in [1.82, 2.24) is 0 Å². The molecule has 22 heavy (non-hydrogen) atoms. The second kappa shape index (κ2) is 6.76. The summed E-state index contributed by atoms with van der Waals surface area (Å²) in [5.41, 5.74) is 6.94. The minimum absolute atomic E-state index is 0.0451. The molecule has 3 N–H and O–H groups in total. The van der Waals surface area contributed by atoms with Crippen molar-refractivity contribution in [1.29, 1.82) is 0 Å².